The summed E-state index contributed by atoms with van der Waals surface area (Å²) in [5.74, 6) is 0. The predicted molar refractivity (Wildman–Crippen MR) is 49.8 cm³/mol. The molecule has 0 radical (unpaired) electrons. The Kier molecular flexibility index (Phi) is 2.94. The third kappa shape index (κ3) is 1.76. The molecule has 0 aromatic rings. The lowest BCUT2D eigenvalue weighted by Gasteiger charge is -2.31. The van der Waals surface area contributed by atoms with Crippen LogP contribution in [0.15, 0.2) is 0 Å². The Bertz CT molecular complexity index is 120. The van der Waals surface area contributed by atoms with E-state index >= 15 is 0 Å². The van der Waals surface area contributed by atoms with Gasteiger partial charge in [0.25, 0.3) is 0 Å². The summed E-state index contributed by atoms with van der Waals surface area (Å²) in [6, 6.07) is 2.42. The molecule has 0 saturated carbocycles. The number of rotatable bonds is 2. The monoisotopic (exact) mass is 155 g/mol. The number of hydrogen-bond acceptors (Lipinski definition) is 1. The average molecular weight is 155 g/mol. The minimum Gasteiger partial charge on any atom is -0.295 e. The maximum atomic E-state index is 2.67. The van der Waals surface area contributed by atoms with E-state index in [0.717, 1.165) is 18.1 Å². The Hall–Kier alpha value is -0.0400. The van der Waals surface area contributed by atoms with Gasteiger partial charge in [-0.2, -0.15) is 0 Å². The molecule has 0 aromatic heterocycles. The normalized spacial score (nSPS) is 33.5. The van der Waals surface area contributed by atoms with Crippen molar-refractivity contribution in [2.75, 3.05) is 0 Å². The highest BCUT2D eigenvalue weighted by Gasteiger charge is 2.30. The summed E-state index contributed by atoms with van der Waals surface area (Å²) >= 11 is 0. The van der Waals surface area contributed by atoms with Crippen molar-refractivity contribution in [3.63, 3.8) is 0 Å². The van der Waals surface area contributed by atoms with Crippen LogP contribution in [-0.4, -0.2) is 23.0 Å². The van der Waals surface area contributed by atoms with E-state index in [1.54, 1.807) is 0 Å². The minimum atomic E-state index is 0.734. The van der Waals surface area contributed by atoms with Gasteiger partial charge in [-0.25, -0.2) is 0 Å². The van der Waals surface area contributed by atoms with Gasteiger partial charge in [-0.3, -0.25) is 4.90 Å². The van der Waals surface area contributed by atoms with Crippen molar-refractivity contribution in [2.45, 2.75) is 65.1 Å². The van der Waals surface area contributed by atoms with E-state index in [-0.39, 0.29) is 0 Å². The van der Waals surface area contributed by atoms with E-state index in [1.165, 1.54) is 19.3 Å². The molecule has 0 N–H and O–H groups in total. The maximum absolute atomic E-state index is 2.67. The fourth-order valence-electron chi connectivity index (χ4n) is 2.44. The molecule has 1 fully saturated rings. The van der Waals surface area contributed by atoms with Gasteiger partial charge in [0, 0.05) is 18.1 Å². The third-order valence-corrected chi connectivity index (χ3v) is 2.92. The highest BCUT2D eigenvalue weighted by molar-refractivity contribution is 4.86. The molecule has 0 amide bonds. The Morgan fingerprint density at radius 3 is 2.36 bits per heavy atom. The van der Waals surface area contributed by atoms with Gasteiger partial charge in [-0.05, 0) is 40.0 Å². The van der Waals surface area contributed by atoms with Gasteiger partial charge >= 0.3 is 0 Å². The molecule has 0 aliphatic carbocycles. The molecular formula is C10H21N. The van der Waals surface area contributed by atoms with Crippen molar-refractivity contribution in [3.05, 3.63) is 0 Å². The fraction of sp³-hybridized carbons (Fsp3) is 1.00. The van der Waals surface area contributed by atoms with Crippen LogP contribution in [0.3, 0.4) is 0 Å². The first-order valence-corrected chi connectivity index (χ1v) is 4.94. The largest absolute Gasteiger partial charge is 0.295 e. The quantitative estimate of drug-likeness (QED) is 0.592. The van der Waals surface area contributed by atoms with E-state index in [0.29, 0.717) is 0 Å². The summed E-state index contributed by atoms with van der Waals surface area (Å²) in [6.07, 6.45) is 4.13. The fourth-order valence-corrected chi connectivity index (χ4v) is 2.44. The van der Waals surface area contributed by atoms with Crippen LogP contribution < -0.4 is 0 Å². The summed E-state index contributed by atoms with van der Waals surface area (Å²) in [4.78, 5) is 2.67. The van der Waals surface area contributed by atoms with Crippen LogP contribution in [0.25, 0.3) is 0 Å². The molecule has 1 heteroatoms. The predicted octanol–water partition coefficient (Wildman–Crippen LogP) is 2.66. The topological polar surface area (TPSA) is 3.24 Å². The summed E-state index contributed by atoms with van der Waals surface area (Å²) in [5.41, 5.74) is 0. The second-order valence-corrected chi connectivity index (χ2v) is 4.03. The summed E-state index contributed by atoms with van der Waals surface area (Å²) in [6.45, 7) is 9.28. The Morgan fingerprint density at radius 1 is 1.36 bits per heavy atom. The second kappa shape index (κ2) is 3.57. The van der Waals surface area contributed by atoms with Crippen molar-refractivity contribution in [2.24, 2.45) is 0 Å². The van der Waals surface area contributed by atoms with Crippen LogP contribution in [0.1, 0.15) is 47.0 Å². The number of nitrogens with zero attached hydrogens (tertiary/aromatic N) is 1. The van der Waals surface area contributed by atoms with Gasteiger partial charge in [0.2, 0.25) is 0 Å². The van der Waals surface area contributed by atoms with Crippen molar-refractivity contribution in [1.82, 2.24) is 4.90 Å². The standard InChI is InChI=1S/C10H21N/c1-5-10-7-6-9(4)11(10)8(2)3/h8-10H,5-7H2,1-4H3. The van der Waals surface area contributed by atoms with Crippen LogP contribution in [-0.2, 0) is 0 Å². The average Bonchev–Trinajstić information content (AvgIpc) is 2.30. The lowest BCUT2D eigenvalue weighted by molar-refractivity contribution is 0.154. The van der Waals surface area contributed by atoms with Crippen molar-refractivity contribution >= 4 is 0 Å². The number of likely N-dealkylation sites (tertiary alicyclic amines) is 1. The Balaban J connectivity index is 2.56. The lowest BCUT2D eigenvalue weighted by atomic mass is 10.1. The third-order valence-electron chi connectivity index (χ3n) is 2.92. The molecule has 1 aliphatic heterocycles. The van der Waals surface area contributed by atoms with E-state index in [1.807, 2.05) is 0 Å². The van der Waals surface area contributed by atoms with Crippen LogP contribution in [0, 0.1) is 0 Å². The summed E-state index contributed by atoms with van der Waals surface area (Å²) in [5, 5.41) is 0. The molecular weight excluding hydrogens is 134 g/mol. The van der Waals surface area contributed by atoms with Crippen LogP contribution in [0.5, 0.6) is 0 Å². The van der Waals surface area contributed by atoms with Crippen LogP contribution in [0.2, 0.25) is 0 Å². The van der Waals surface area contributed by atoms with Gasteiger partial charge in [-0.15, -0.1) is 0 Å². The van der Waals surface area contributed by atoms with Crippen molar-refractivity contribution in [1.29, 1.82) is 0 Å². The first-order chi connectivity index (χ1) is 5.16. The van der Waals surface area contributed by atoms with Gasteiger partial charge < -0.3 is 0 Å². The molecule has 0 bridgehead atoms. The van der Waals surface area contributed by atoms with Gasteiger partial charge in [0.1, 0.15) is 0 Å². The zero-order chi connectivity index (χ0) is 8.43. The SMILES string of the molecule is CCC1CCC(C)N1C(C)C. The molecule has 11 heavy (non-hydrogen) atoms. The van der Waals surface area contributed by atoms with Crippen molar-refractivity contribution in [3.8, 4) is 0 Å². The Morgan fingerprint density at radius 2 is 2.00 bits per heavy atom. The van der Waals surface area contributed by atoms with Gasteiger partial charge in [0.15, 0.2) is 0 Å². The zero-order valence-electron chi connectivity index (χ0n) is 8.30. The molecule has 0 aromatic carbocycles. The van der Waals surface area contributed by atoms with Gasteiger partial charge in [-0.1, -0.05) is 6.92 Å². The zero-order valence-corrected chi connectivity index (χ0v) is 8.30. The van der Waals surface area contributed by atoms with Crippen molar-refractivity contribution < 1.29 is 0 Å². The lowest BCUT2D eigenvalue weighted by Crippen LogP contribution is -2.39. The molecule has 1 rings (SSSR count). The molecule has 1 heterocycles. The Labute approximate surface area is 70.8 Å². The first-order valence-electron chi connectivity index (χ1n) is 4.94. The summed E-state index contributed by atoms with van der Waals surface area (Å²) < 4.78 is 0. The van der Waals surface area contributed by atoms with Crippen LogP contribution in [0.4, 0.5) is 0 Å². The molecule has 66 valence electrons. The minimum absolute atomic E-state index is 0.734. The highest BCUT2D eigenvalue weighted by atomic mass is 15.2. The van der Waals surface area contributed by atoms with E-state index in [9.17, 15) is 0 Å². The summed E-state index contributed by atoms with van der Waals surface area (Å²) in [7, 11) is 0. The molecule has 1 nitrogen and oxygen atoms in total. The molecule has 2 unspecified atom stereocenters. The molecule has 1 aliphatic rings. The van der Waals surface area contributed by atoms with E-state index in [4.69, 9.17) is 0 Å². The molecule has 1 saturated heterocycles. The van der Waals surface area contributed by atoms with Gasteiger partial charge in [0.05, 0.1) is 0 Å². The van der Waals surface area contributed by atoms with Crippen LogP contribution >= 0.6 is 0 Å². The molecule has 2 atom stereocenters. The van der Waals surface area contributed by atoms with E-state index < -0.39 is 0 Å². The molecule has 0 spiro atoms. The smallest absolute Gasteiger partial charge is 0.00987 e. The second-order valence-electron chi connectivity index (χ2n) is 4.03. The first kappa shape index (κ1) is 9.05. The number of hydrogen-bond donors (Lipinski definition) is 0. The highest BCUT2D eigenvalue weighted by Crippen LogP contribution is 2.27. The van der Waals surface area contributed by atoms with E-state index in [2.05, 4.69) is 32.6 Å². The maximum Gasteiger partial charge on any atom is 0.00987 e.